The molecule has 1 heterocycles. The summed E-state index contributed by atoms with van der Waals surface area (Å²) in [5, 5.41) is 2.17. The lowest BCUT2D eigenvalue weighted by Gasteiger charge is -2.14. The number of alkyl halides is 6. The van der Waals surface area contributed by atoms with Gasteiger partial charge in [-0.1, -0.05) is 0 Å². The number of carbonyl (C=O) groups is 1. The number of benzene rings is 1. The van der Waals surface area contributed by atoms with Gasteiger partial charge in [-0.05, 0) is 18.2 Å². The number of aromatic nitrogens is 2. The molecule has 1 N–H and O–H groups in total. The zero-order valence-electron chi connectivity index (χ0n) is 12.9. The van der Waals surface area contributed by atoms with Gasteiger partial charge in [0.05, 0.1) is 17.5 Å². The fourth-order valence-electron chi connectivity index (χ4n) is 2.02. The van der Waals surface area contributed by atoms with Crippen molar-refractivity contribution in [3.8, 4) is 0 Å². The Bertz CT molecular complexity index is 825. The zero-order valence-corrected chi connectivity index (χ0v) is 12.9. The summed E-state index contributed by atoms with van der Waals surface area (Å²) >= 11 is 0. The van der Waals surface area contributed by atoms with Crippen LogP contribution in [0.2, 0.25) is 0 Å². The van der Waals surface area contributed by atoms with E-state index in [4.69, 9.17) is 0 Å². The van der Waals surface area contributed by atoms with E-state index in [1.165, 1.54) is 12.5 Å². The van der Waals surface area contributed by atoms with Crippen LogP contribution in [0.5, 0.6) is 0 Å². The Hall–Kier alpha value is -2.85. The molecule has 11 heteroatoms. The van der Waals surface area contributed by atoms with E-state index in [-0.39, 0.29) is 19.2 Å². The van der Waals surface area contributed by atoms with Crippen LogP contribution in [0.15, 0.2) is 41.6 Å². The van der Waals surface area contributed by atoms with Crippen molar-refractivity contribution in [1.82, 2.24) is 14.9 Å². The third kappa shape index (κ3) is 4.83. The van der Waals surface area contributed by atoms with Crippen molar-refractivity contribution in [2.75, 3.05) is 6.54 Å². The van der Waals surface area contributed by atoms with Crippen molar-refractivity contribution >= 4 is 5.91 Å². The minimum atomic E-state index is -5.04. The fourth-order valence-corrected chi connectivity index (χ4v) is 2.02. The zero-order chi connectivity index (χ0) is 19.5. The quantitative estimate of drug-likeness (QED) is 0.831. The van der Waals surface area contributed by atoms with Gasteiger partial charge in [-0.25, -0.2) is 4.98 Å². The Kier molecular flexibility index (Phi) is 5.38. The molecule has 0 radical (unpaired) electrons. The van der Waals surface area contributed by atoms with Gasteiger partial charge < -0.3 is 5.32 Å². The number of amides is 1. The molecule has 0 bridgehead atoms. The van der Waals surface area contributed by atoms with Crippen molar-refractivity contribution in [2.45, 2.75) is 18.9 Å². The average Bonchev–Trinajstić information content (AvgIpc) is 2.54. The minimum Gasteiger partial charge on any atom is -0.350 e. The van der Waals surface area contributed by atoms with Gasteiger partial charge in [0.1, 0.15) is 0 Å². The average molecular weight is 379 g/mol. The van der Waals surface area contributed by atoms with Crippen molar-refractivity contribution in [1.29, 1.82) is 0 Å². The molecular formula is C15H11F6N3O2. The van der Waals surface area contributed by atoms with Crippen molar-refractivity contribution in [2.24, 2.45) is 0 Å². The second-order valence-electron chi connectivity index (χ2n) is 5.16. The summed E-state index contributed by atoms with van der Waals surface area (Å²) in [6.07, 6.45) is -7.65. The maximum Gasteiger partial charge on any atom is 0.416 e. The van der Waals surface area contributed by atoms with E-state index in [1.807, 2.05) is 0 Å². The molecule has 1 amide bonds. The number of nitrogens with zero attached hydrogens (tertiary/aromatic N) is 2. The van der Waals surface area contributed by atoms with Crippen LogP contribution >= 0.6 is 0 Å². The lowest BCUT2D eigenvalue weighted by molar-refractivity contribution is -0.143. The van der Waals surface area contributed by atoms with Crippen molar-refractivity contribution < 1.29 is 31.1 Å². The van der Waals surface area contributed by atoms with E-state index >= 15 is 0 Å². The molecule has 0 spiro atoms. The topological polar surface area (TPSA) is 64.0 Å². The SMILES string of the molecule is O=C(NCCn1cnccc1=O)c1cc(C(F)(F)F)cc(C(F)(F)F)c1. The number of rotatable bonds is 4. The maximum atomic E-state index is 12.8. The van der Waals surface area contributed by atoms with Crippen LogP contribution in [0, 0.1) is 0 Å². The summed E-state index contributed by atoms with van der Waals surface area (Å²) in [6.45, 7) is -0.245. The number of hydrogen-bond donors (Lipinski definition) is 1. The van der Waals surface area contributed by atoms with Gasteiger partial charge in [0.2, 0.25) is 0 Å². The van der Waals surface area contributed by atoms with Gasteiger partial charge in [-0.3, -0.25) is 14.2 Å². The van der Waals surface area contributed by atoms with Gasteiger partial charge in [0.15, 0.2) is 0 Å². The molecule has 0 fully saturated rings. The summed E-state index contributed by atoms with van der Waals surface area (Å²) in [7, 11) is 0. The first-order valence-corrected chi connectivity index (χ1v) is 7.06. The summed E-state index contributed by atoms with van der Waals surface area (Å²) in [6, 6.07) is 1.76. The Morgan fingerprint density at radius 2 is 1.62 bits per heavy atom. The predicted molar refractivity (Wildman–Crippen MR) is 77.3 cm³/mol. The van der Waals surface area contributed by atoms with Gasteiger partial charge in [0.25, 0.3) is 11.5 Å². The highest BCUT2D eigenvalue weighted by atomic mass is 19.4. The third-order valence-corrected chi connectivity index (χ3v) is 3.28. The molecule has 1 aromatic carbocycles. The first-order valence-electron chi connectivity index (χ1n) is 7.06. The highest BCUT2D eigenvalue weighted by Crippen LogP contribution is 2.36. The molecule has 0 unspecified atom stereocenters. The number of halogens is 6. The van der Waals surface area contributed by atoms with E-state index in [2.05, 4.69) is 10.3 Å². The molecule has 140 valence electrons. The fraction of sp³-hybridized carbons (Fsp3) is 0.267. The molecule has 0 aliphatic carbocycles. The van der Waals surface area contributed by atoms with E-state index in [0.717, 1.165) is 10.6 Å². The standard InChI is InChI=1S/C15H11F6N3O2/c16-14(17,18)10-5-9(6-11(7-10)15(19,20)21)13(26)23-3-4-24-8-22-2-1-12(24)25/h1-2,5-8H,3-4H2,(H,23,26). The lowest BCUT2D eigenvalue weighted by atomic mass is 10.0. The van der Waals surface area contributed by atoms with Gasteiger partial charge in [-0.2, -0.15) is 26.3 Å². The largest absolute Gasteiger partial charge is 0.416 e. The summed E-state index contributed by atoms with van der Waals surface area (Å²) in [5.41, 5.74) is -4.37. The maximum absolute atomic E-state index is 12.8. The van der Waals surface area contributed by atoms with E-state index in [0.29, 0.717) is 12.1 Å². The molecular weight excluding hydrogens is 368 g/mol. The second-order valence-corrected chi connectivity index (χ2v) is 5.16. The Morgan fingerprint density at radius 1 is 1.04 bits per heavy atom. The van der Waals surface area contributed by atoms with Crippen LogP contribution in [-0.4, -0.2) is 22.0 Å². The predicted octanol–water partition coefficient (Wildman–Crippen LogP) is 2.71. The molecule has 0 saturated heterocycles. The Morgan fingerprint density at radius 3 is 2.12 bits per heavy atom. The van der Waals surface area contributed by atoms with Crippen LogP contribution in [0.1, 0.15) is 21.5 Å². The van der Waals surface area contributed by atoms with Crippen LogP contribution in [0.4, 0.5) is 26.3 Å². The van der Waals surface area contributed by atoms with Gasteiger partial charge in [0, 0.05) is 30.9 Å². The van der Waals surface area contributed by atoms with E-state index in [9.17, 15) is 35.9 Å². The van der Waals surface area contributed by atoms with Crippen LogP contribution in [0.25, 0.3) is 0 Å². The molecule has 26 heavy (non-hydrogen) atoms. The summed E-state index contributed by atoms with van der Waals surface area (Å²) in [4.78, 5) is 27.0. The number of nitrogens with one attached hydrogen (secondary N) is 1. The van der Waals surface area contributed by atoms with Crippen LogP contribution in [-0.2, 0) is 18.9 Å². The monoisotopic (exact) mass is 379 g/mol. The lowest BCUT2D eigenvalue weighted by Crippen LogP contribution is -2.31. The molecule has 0 atom stereocenters. The molecule has 1 aromatic heterocycles. The summed E-state index contributed by atoms with van der Waals surface area (Å²) < 4.78 is 77.8. The highest BCUT2D eigenvalue weighted by Gasteiger charge is 2.37. The van der Waals surface area contributed by atoms with Gasteiger partial charge in [-0.15, -0.1) is 0 Å². The Labute approximate surface area is 142 Å². The normalized spacial score (nSPS) is 12.1. The van der Waals surface area contributed by atoms with Gasteiger partial charge >= 0.3 is 12.4 Å². The highest BCUT2D eigenvalue weighted by molar-refractivity contribution is 5.94. The minimum absolute atomic E-state index is 0.0521. The number of carbonyl (C=O) groups excluding carboxylic acids is 1. The molecule has 0 saturated carbocycles. The molecule has 2 rings (SSSR count). The smallest absolute Gasteiger partial charge is 0.350 e. The van der Waals surface area contributed by atoms with E-state index < -0.39 is 40.5 Å². The molecule has 0 aliphatic rings. The number of hydrogen-bond acceptors (Lipinski definition) is 3. The third-order valence-electron chi connectivity index (χ3n) is 3.28. The van der Waals surface area contributed by atoms with Crippen molar-refractivity contribution in [3.63, 3.8) is 0 Å². The first-order chi connectivity index (χ1) is 12.0. The Balaban J connectivity index is 2.19. The molecule has 5 nitrogen and oxygen atoms in total. The first kappa shape index (κ1) is 19.5. The van der Waals surface area contributed by atoms with E-state index in [1.54, 1.807) is 0 Å². The van der Waals surface area contributed by atoms with Crippen LogP contribution < -0.4 is 10.9 Å². The van der Waals surface area contributed by atoms with Crippen molar-refractivity contribution in [3.05, 3.63) is 63.8 Å². The summed E-state index contributed by atoms with van der Waals surface area (Å²) in [5.74, 6) is -1.13. The molecule has 0 aliphatic heterocycles. The van der Waals surface area contributed by atoms with Crippen LogP contribution in [0.3, 0.4) is 0 Å². The molecule has 2 aromatic rings. The second kappa shape index (κ2) is 7.18.